The van der Waals surface area contributed by atoms with E-state index in [1.165, 1.54) is 120 Å². The van der Waals surface area contributed by atoms with Crippen LogP contribution in [0, 0.1) is 5.92 Å². The number of hydrogen-bond donors (Lipinski definition) is 2. The SMILES string of the molecule is CCCCCN1CCC(CCOc2c(-c3cccc4c5c(ccc34)C3=C(CCC=C3)CC5)ccc3ccccc23)CC1.O=C(O)C(=O)O. The van der Waals surface area contributed by atoms with Gasteiger partial charge in [-0.1, -0.05) is 98.2 Å². The lowest BCUT2D eigenvalue weighted by Gasteiger charge is -2.32. The number of likely N-dealkylation sites (tertiary alicyclic amines) is 1. The number of unbranched alkanes of at least 4 members (excludes halogenated alkanes) is 2. The van der Waals surface area contributed by atoms with Crippen LogP contribution in [0.4, 0.5) is 0 Å². The van der Waals surface area contributed by atoms with Crippen molar-refractivity contribution in [1.29, 1.82) is 0 Å². The number of rotatable bonds is 9. The van der Waals surface area contributed by atoms with Gasteiger partial charge in [-0.15, -0.1) is 0 Å². The Bertz CT molecular complexity index is 1830. The molecule has 1 fully saturated rings. The van der Waals surface area contributed by atoms with Crippen molar-refractivity contribution in [1.82, 2.24) is 4.90 Å². The van der Waals surface area contributed by atoms with E-state index >= 15 is 0 Å². The summed E-state index contributed by atoms with van der Waals surface area (Å²) in [4.78, 5) is 20.9. The van der Waals surface area contributed by atoms with Gasteiger partial charge in [0.25, 0.3) is 0 Å². The quantitative estimate of drug-likeness (QED) is 0.139. The summed E-state index contributed by atoms with van der Waals surface area (Å²) < 4.78 is 6.82. The van der Waals surface area contributed by atoms with Crippen LogP contribution in [0.25, 0.3) is 38.2 Å². The highest BCUT2D eigenvalue weighted by Crippen LogP contribution is 2.44. The Morgan fingerprint density at radius 1 is 0.792 bits per heavy atom. The van der Waals surface area contributed by atoms with Crippen LogP contribution in [-0.4, -0.2) is 53.3 Å². The molecule has 1 heterocycles. The van der Waals surface area contributed by atoms with Crippen LogP contribution in [0.3, 0.4) is 0 Å². The summed E-state index contributed by atoms with van der Waals surface area (Å²) in [6, 6.07) is 24.9. The first-order valence-electron chi connectivity index (χ1n) is 17.7. The van der Waals surface area contributed by atoms with Crippen molar-refractivity contribution < 1.29 is 24.5 Å². The maximum atomic E-state index is 9.10. The molecule has 1 aliphatic heterocycles. The first-order valence-corrected chi connectivity index (χ1v) is 17.7. The van der Waals surface area contributed by atoms with Gasteiger partial charge in [-0.25, -0.2) is 9.59 Å². The van der Waals surface area contributed by atoms with Crippen LogP contribution in [0.15, 0.2) is 84.5 Å². The Kier molecular flexibility index (Phi) is 10.9. The maximum Gasteiger partial charge on any atom is 0.414 e. The second-order valence-corrected chi connectivity index (χ2v) is 13.4. The predicted molar refractivity (Wildman–Crippen MR) is 195 cm³/mol. The summed E-state index contributed by atoms with van der Waals surface area (Å²) in [5.41, 5.74) is 8.60. The van der Waals surface area contributed by atoms with Crippen molar-refractivity contribution in [2.45, 2.75) is 71.1 Å². The number of carboxylic acid groups (broad SMARTS) is 2. The van der Waals surface area contributed by atoms with Gasteiger partial charge in [0.1, 0.15) is 5.75 Å². The van der Waals surface area contributed by atoms with Crippen LogP contribution in [0.5, 0.6) is 5.75 Å². The van der Waals surface area contributed by atoms with E-state index in [9.17, 15) is 0 Å². The van der Waals surface area contributed by atoms with Crippen molar-refractivity contribution in [3.8, 4) is 16.9 Å². The van der Waals surface area contributed by atoms with Crippen molar-refractivity contribution in [2.24, 2.45) is 5.92 Å². The zero-order chi connectivity index (χ0) is 33.5. The number of nitrogens with zero attached hydrogens (tertiary/aromatic N) is 1. The largest absolute Gasteiger partial charge is 0.492 e. The number of ether oxygens (including phenoxy) is 1. The van der Waals surface area contributed by atoms with Crippen LogP contribution in [0.1, 0.15) is 75.8 Å². The lowest BCUT2D eigenvalue weighted by atomic mass is 9.79. The maximum absolute atomic E-state index is 9.10. The van der Waals surface area contributed by atoms with E-state index in [4.69, 9.17) is 24.5 Å². The highest BCUT2D eigenvalue weighted by atomic mass is 16.5. The Morgan fingerprint density at radius 3 is 2.35 bits per heavy atom. The molecule has 0 amide bonds. The fourth-order valence-corrected chi connectivity index (χ4v) is 7.73. The first-order chi connectivity index (χ1) is 23.4. The van der Waals surface area contributed by atoms with Crippen LogP contribution >= 0.6 is 0 Å². The molecular weight excluding hydrogens is 598 g/mol. The molecule has 6 nitrogen and oxygen atoms in total. The third kappa shape index (κ3) is 7.50. The molecule has 0 spiro atoms. The van der Waals surface area contributed by atoms with Crippen molar-refractivity contribution >= 4 is 39.1 Å². The van der Waals surface area contributed by atoms with Crippen LogP contribution < -0.4 is 4.74 Å². The van der Waals surface area contributed by atoms with Crippen molar-refractivity contribution in [3.63, 3.8) is 0 Å². The van der Waals surface area contributed by atoms with Gasteiger partial charge in [0.2, 0.25) is 0 Å². The number of allylic oxidation sites excluding steroid dienone is 4. The summed E-state index contributed by atoms with van der Waals surface area (Å²) in [7, 11) is 0. The highest BCUT2D eigenvalue weighted by Gasteiger charge is 2.23. The minimum absolute atomic E-state index is 0.767. The number of carbonyl (C=O) groups is 2. The van der Waals surface area contributed by atoms with E-state index in [1.54, 1.807) is 5.57 Å². The van der Waals surface area contributed by atoms with Crippen molar-refractivity contribution in [2.75, 3.05) is 26.2 Å². The van der Waals surface area contributed by atoms with E-state index in [2.05, 4.69) is 90.7 Å². The van der Waals surface area contributed by atoms with Crippen molar-refractivity contribution in [3.05, 3.63) is 95.6 Å². The smallest absolute Gasteiger partial charge is 0.414 e. The number of fused-ring (bicyclic) bond motifs is 5. The number of carboxylic acids is 2. The van der Waals surface area contributed by atoms with E-state index in [0.29, 0.717) is 0 Å². The number of hydrogen-bond acceptors (Lipinski definition) is 4. The zero-order valence-electron chi connectivity index (χ0n) is 28.0. The lowest BCUT2D eigenvalue weighted by Crippen LogP contribution is -2.34. The molecule has 6 heteroatoms. The second kappa shape index (κ2) is 15.7. The summed E-state index contributed by atoms with van der Waals surface area (Å²) in [6.45, 7) is 6.86. The Morgan fingerprint density at radius 2 is 1.56 bits per heavy atom. The monoisotopic (exact) mass is 645 g/mol. The summed E-state index contributed by atoms with van der Waals surface area (Å²) >= 11 is 0. The van der Waals surface area contributed by atoms with Gasteiger partial charge in [0.15, 0.2) is 0 Å². The molecule has 0 bridgehead atoms. The van der Waals surface area contributed by atoms with E-state index in [1.807, 2.05) is 0 Å². The van der Waals surface area contributed by atoms with Gasteiger partial charge in [0.05, 0.1) is 6.61 Å². The fraction of sp³-hybridized carbons (Fsp3) is 0.381. The molecule has 4 aromatic rings. The number of benzene rings is 4. The summed E-state index contributed by atoms with van der Waals surface area (Å²) in [5.74, 6) is -1.83. The molecule has 250 valence electrons. The van der Waals surface area contributed by atoms with E-state index in [0.717, 1.165) is 31.1 Å². The molecule has 0 saturated carbocycles. The minimum Gasteiger partial charge on any atom is -0.492 e. The molecule has 0 aromatic heterocycles. The Hall–Kier alpha value is -4.42. The molecule has 0 radical (unpaired) electrons. The number of piperidine rings is 1. The van der Waals surface area contributed by atoms with Gasteiger partial charge >= 0.3 is 11.9 Å². The topological polar surface area (TPSA) is 87.1 Å². The van der Waals surface area contributed by atoms with Gasteiger partial charge in [-0.05, 0) is 121 Å². The minimum atomic E-state index is -1.82. The molecule has 3 aliphatic rings. The molecule has 1 saturated heterocycles. The predicted octanol–water partition coefficient (Wildman–Crippen LogP) is 9.54. The highest BCUT2D eigenvalue weighted by molar-refractivity contribution is 6.27. The molecule has 0 unspecified atom stereocenters. The summed E-state index contributed by atoms with van der Waals surface area (Å²) in [6.07, 6.45) is 17.2. The molecule has 7 rings (SSSR count). The van der Waals surface area contributed by atoms with E-state index < -0.39 is 11.9 Å². The Balaban J connectivity index is 0.000000615. The lowest BCUT2D eigenvalue weighted by molar-refractivity contribution is -0.159. The second-order valence-electron chi connectivity index (χ2n) is 13.4. The molecule has 48 heavy (non-hydrogen) atoms. The average molecular weight is 646 g/mol. The normalized spacial score (nSPS) is 16.3. The summed E-state index contributed by atoms with van der Waals surface area (Å²) in [5, 5.41) is 20.0. The average Bonchev–Trinajstić information content (AvgIpc) is 3.12. The van der Waals surface area contributed by atoms with Gasteiger partial charge < -0.3 is 19.8 Å². The molecule has 4 aromatic carbocycles. The third-order valence-electron chi connectivity index (χ3n) is 10.3. The third-order valence-corrected chi connectivity index (χ3v) is 10.3. The van der Waals surface area contributed by atoms with Gasteiger partial charge in [-0.2, -0.15) is 0 Å². The zero-order valence-corrected chi connectivity index (χ0v) is 28.0. The van der Waals surface area contributed by atoms with Gasteiger partial charge in [-0.3, -0.25) is 0 Å². The fourth-order valence-electron chi connectivity index (χ4n) is 7.73. The number of aliphatic carboxylic acids is 2. The standard InChI is InChI=1S/C40H45NO.C2H2O4/c1-2-3-8-25-41-26-22-29(23-27-41)24-28-42-40-33-13-7-5-11-31(33)17-19-39(40)35-15-9-14-34-37-18-16-30-10-4-6-12-32(30)36(37)20-21-38(34)35;3-1(4)2(5)6/h5-7,9,11-15,17,19-21,29H,2-4,8,10,16,18,22-28H2,1H3;(H,3,4)(H,5,6). The number of aryl methyl sites for hydroxylation is 1. The molecule has 0 atom stereocenters. The first kappa shape index (κ1) is 33.5. The van der Waals surface area contributed by atoms with E-state index in [-0.39, 0.29) is 0 Å². The van der Waals surface area contributed by atoms with Gasteiger partial charge in [0, 0.05) is 10.9 Å². The van der Waals surface area contributed by atoms with Crippen LogP contribution in [-0.2, 0) is 16.0 Å². The molecule has 2 N–H and O–H groups in total. The Labute approximate surface area is 283 Å². The molecular formula is C42H47NO5. The molecule has 2 aliphatic carbocycles. The van der Waals surface area contributed by atoms with Crippen LogP contribution in [0.2, 0.25) is 0 Å².